The third-order valence-electron chi connectivity index (χ3n) is 5.18. The molecule has 1 aliphatic carbocycles. The number of hydrogen-bond donors (Lipinski definition) is 2. The van der Waals surface area contributed by atoms with Crippen molar-refractivity contribution in [3.8, 4) is 0 Å². The van der Waals surface area contributed by atoms with Gasteiger partial charge in [-0.05, 0) is 38.9 Å². The Balaban J connectivity index is 0.00000288. The molecule has 1 aromatic rings. The highest BCUT2D eigenvalue weighted by Crippen LogP contribution is 2.35. The van der Waals surface area contributed by atoms with Gasteiger partial charge < -0.3 is 15.5 Å². The zero-order valence-corrected chi connectivity index (χ0v) is 18.0. The van der Waals surface area contributed by atoms with Gasteiger partial charge >= 0.3 is 0 Å². The third-order valence-corrected chi connectivity index (χ3v) is 5.18. The van der Waals surface area contributed by atoms with Crippen LogP contribution in [0.4, 0.5) is 0 Å². The molecule has 0 bridgehead atoms. The van der Waals surface area contributed by atoms with E-state index in [4.69, 9.17) is 0 Å². The molecule has 0 aliphatic heterocycles. The first-order valence-corrected chi connectivity index (χ1v) is 8.56. The Morgan fingerprint density at radius 2 is 2.21 bits per heavy atom. The summed E-state index contributed by atoms with van der Waals surface area (Å²) in [6.45, 7) is 4.02. The molecule has 1 saturated carbocycles. The lowest BCUT2D eigenvalue weighted by molar-refractivity contribution is 0.0795. The van der Waals surface area contributed by atoms with E-state index in [0.717, 1.165) is 30.7 Å². The van der Waals surface area contributed by atoms with E-state index < -0.39 is 0 Å². The second kappa shape index (κ2) is 9.60. The van der Waals surface area contributed by atoms with Gasteiger partial charge in [-0.15, -0.1) is 24.0 Å². The molecule has 7 heteroatoms. The van der Waals surface area contributed by atoms with Gasteiger partial charge in [0, 0.05) is 32.4 Å². The summed E-state index contributed by atoms with van der Waals surface area (Å²) in [6.07, 6.45) is 6.96. The van der Waals surface area contributed by atoms with Crippen molar-refractivity contribution in [1.29, 1.82) is 0 Å². The number of aryl methyl sites for hydroxylation is 1. The molecule has 1 aromatic heterocycles. The van der Waals surface area contributed by atoms with E-state index in [0.29, 0.717) is 0 Å². The van der Waals surface area contributed by atoms with Gasteiger partial charge in [-0.25, -0.2) is 0 Å². The Morgan fingerprint density at radius 1 is 1.46 bits per heavy atom. The number of aliphatic imine (C=N–C) groups is 1. The van der Waals surface area contributed by atoms with Crippen LogP contribution >= 0.6 is 24.0 Å². The molecule has 2 unspecified atom stereocenters. The van der Waals surface area contributed by atoms with Crippen molar-refractivity contribution in [2.75, 3.05) is 27.7 Å². The van der Waals surface area contributed by atoms with Crippen LogP contribution in [-0.4, -0.2) is 53.9 Å². The summed E-state index contributed by atoms with van der Waals surface area (Å²) < 4.78 is 1.88. The molecule has 2 atom stereocenters. The van der Waals surface area contributed by atoms with Crippen molar-refractivity contribution < 1.29 is 0 Å². The monoisotopic (exact) mass is 448 g/mol. The molecule has 6 nitrogen and oxygen atoms in total. The summed E-state index contributed by atoms with van der Waals surface area (Å²) in [4.78, 5) is 6.75. The molecule has 1 aliphatic rings. The fraction of sp³-hybridized carbons (Fsp3) is 0.765. The maximum absolute atomic E-state index is 4.36. The molecule has 0 spiro atoms. The highest BCUT2D eigenvalue weighted by molar-refractivity contribution is 14.0. The largest absolute Gasteiger partial charge is 0.355 e. The second-order valence-corrected chi connectivity index (χ2v) is 7.05. The van der Waals surface area contributed by atoms with Crippen LogP contribution < -0.4 is 10.6 Å². The lowest BCUT2D eigenvalue weighted by Crippen LogP contribution is -2.56. The maximum atomic E-state index is 4.36. The second-order valence-electron chi connectivity index (χ2n) is 7.05. The van der Waals surface area contributed by atoms with E-state index >= 15 is 0 Å². The number of guanidine groups is 1. The summed E-state index contributed by atoms with van der Waals surface area (Å²) in [5.74, 6) is 1.64. The minimum Gasteiger partial charge on any atom is -0.355 e. The minimum absolute atomic E-state index is 0. The normalized spacial score (nSPS) is 24.6. The van der Waals surface area contributed by atoms with Crippen molar-refractivity contribution in [2.24, 2.45) is 18.0 Å². The minimum atomic E-state index is 0. The standard InChI is InChI=1S/C17H32N6.HI/c1-14-7-6-9-17(11-14,22(3)4)13-20-16(18-2)19-12-15-8-10-21-23(15)5;/h8,10,14H,6-7,9,11-13H2,1-5H3,(H2,18,19,20);1H. The Labute approximate surface area is 163 Å². The topological polar surface area (TPSA) is 57.5 Å². The molecule has 1 fully saturated rings. The van der Waals surface area contributed by atoms with Gasteiger partial charge in [0.05, 0.1) is 12.2 Å². The van der Waals surface area contributed by atoms with Gasteiger partial charge in [0.2, 0.25) is 0 Å². The van der Waals surface area contributed by atoms with Gasteiger partial charge in [0.25, 0.3) is 0 Å². The Kier molecular flexibility index (Phi) is 8.49. The Bertz CT molecular complexity index is 527. The fourth-order valence-electron chi connectivity index (χ4n) is 3.58. The van der Waals surface area contributed by atoms with E-state index in [2.05, 4.69) is 46.6 Å². The molecule has 2 rings (SSSR count). The maximum Gasteiger partial charge on any atom is 0.191 e. The van der Waals surface area contributed by atoms with E-state index in [-0.39, 0.29) is 29.5 Å². The van der Waals surface area contributed by atoms with E-state index in [1.807, 2.05) is 31.0 Å². The Hall–Kier alpha value is -0.830. The molecular formula is C17H33IN6. The van der Waals surface area contributed by atoms with Crippen LogP contribution in [0.3, 0.4) is 0 Å². The predicted octanol–water partition coefficient (Wildman–Crippen LogP) is 2.21. The van der Waals surface area contributed by atoms with E-state index in [9.17, 15) is 0 Å². The zero-order valence-electron chi connectivity index (χ0n) is 15.7. The number of aromatic nitrogens is 2. The van der Waals surface area contributed by atoms with Crippen LogP contribution in [0.15, 0.2) is 17.3 Å². The van der Waals surface area contributed by atoms with Gasteiger partial charge in [0.1, 0.15) is 0 Å². The van der Waals surface area contributed by atoms with Crippen LogP contribution in [0.1, 0.15) is 38.3 Å². The van der Waals surface area contributed by atoms with E-state index in [1.165, 1.54) is 25.7 Å². The van der Waals surface area contributed by atoms with Gasteiger partial charge in [-0.1, -0.05) is 19.8 Å². The van der Waals surface area contributed by atoms with E-state index in [1.54, 1.807) is 0 Å². The quantitative estimate of drug-likeness (QED) is 0.412. The summed E-state index contributed by atoms with van der Waals surface area (Å²) in [5, 5.41) is 11.1. The molecular weight excluding hydrogens is 415 g/mol. The summed E-state index contributed by atoms with van der Waals surface area (Å²) in [5.41, 5.74) is 1.36. The average Bonchev–Trinajstić information content (AvgIpc) is 2.92. The van der Waals surface area contributed by atoms with Crippen molar-refractivity contribution in [1.82, 2.24) is 25.3 Å². The van der Waals surface area contributed by atoms with Crippen molar-refractivity contribution in [3.63, 3.8) is 0 Å². The average molecular weight is 448 g/mol. The number of likely N-dealkylation sites (N-methyl/N-ethyl adjacent to an activating group) is 1. The molecule has 24 heavy (non-hydrogen) atoms. The number of hydrogen-bond acceptors (Lipinski definition) is 3. The van der Waals surface area contributed by atoms with Crippen molar-refractivity contribution in [2.45, 2.75) is 44.7 Å². The molecule has 1 heterocycles. The number of halogens is 1. The Morgan fingerprint density at radius 3 is 2.75 bits per heavy atom. The lowest BCUT2D eigenvalue weighted by atomic mass is 9.75. The fourth-order valence-corrected chi connectivity index (χ4v) is 3.58. The van der Waals surface area contributed by atoms with Crippen LogP contribution in [0.25, 0.3) is 0 Å². The summed E-state index contributed by atoms with van der Waals surface area (Å²) in [7, 11) is 8.18. The zero-order chi connectivity index (χ0) is 16.9. The molecule has 138 valence electrons. The lowest BCUT2D eigenvalue weighted by Gasteiger charge is -2.45. The first kappa shape index (κ1) is 21.2. The highest BCUT2D eigenvalue weighted by Gasteiger charge is 2.36. The smallest absolute Gasteiger partial charge is 0.191 e. The predicted molar refractivity (Wildman–Crippen MR) is 111 cm³/mol. The van der Waals surface area contributed by atoms with Crippen LogP contribution in [0.2, 0.25) is 0 Å². The van der Waals surface area contributed by atoms with Crippen LogP contribution in [0, 0.1) is 5.92 Å². The number of nitrogens with one attached hydrogen (secondary N) is 2. The number of rotatable bonds is 5. The highest BCUT2D eigenvalue weighted by atomic mass is 127. The van der Waals surface area contributed by atoms with Gasteiger partial charge in [-0.2, -0.15) is 5.10 Å². The van der Waals surface area contributed by atoms with Crippen molar-refractivity contribution >= 4 is 29.9 Å². The number of nitrogens with zero attached hydrogens (tertiary/aromatic N) is 4. The van der Waals surface area contributed by atoms with Gasteiger partial charge in [0.15, 0.2) is 5.96 Å². The summed E-state index contributed by atoms with van der Waals surface area (Å²) in [6, 6.07) is 2.02. The first-order valence-electron chi connectivity index (χ1n) is 8.56. The molecule has 0 saturated heterocycles. The van der Waals surface area contributed by atoms with Crippen molar-refractivity contribution in [3.05, 3.63) is 18.0 Å². The third kappa shape index (κ3) is 5.34. The molecule has 0 aromatic carbocycles. The van der Waals surface area contributed by atoms with Crippen LogP contribution in [-0.2, 0) is 13.6 Å². The molecule has 2 N–H and O–H groups in total. The first-order chi connectivity index (χ1) is 11.0. The summed E-state index contributed by atoms with van der Waals surface area (Å²) >= 11 is 0. The van der Waals surface area contributed by atoms with Crippen LogP contribution in [0.5, 0.6) is 0 Å². The SMILES string of the molecule is CN=C(NCc1ccnn1C)NCC1(N(C)C)CCCC(C)C1.I. The van der Waals surface area contributed by atoms with Gasteiger partial charge in [-0.3, -0.25) is 9.67 Å². The molecule has 0 amide bonds. The molecule has 0 radical (unpaired) electrons.